The number of aromatic nitrogens is 3. The monoisotopic (exact) mass is 236 g/mol. The second-order valence-electron chi connectivity index (χ2n) is 6.90. The van der Waals surface area contributed by atoms with Gasteiger partial charge < -0.3 is 4.90 Å². The number of anilines is 1. The highest BCUT2D eigenvalue weighted by Gasteiger charge is 2.32. The molecule has 0 fully saturated rings. The number of hydrogen-bond acceptors (Lipinski definition) is 3. The Bertz CT molecular complexity index is 406. The van der Waals surface area contributed by atoms with Gasteiger partial charge in [0.25, 0.3) is 0 Å². The van der Waals surface area contributed by atoms with Crippen LogP contribution in [-0.4, -0.2) is 26.8 Å². The van der Waals surface area contributed by atoms with E-state index in [9.17, 15) is 0 Å². The van der Waals surface area contributed by atoms with Gasteiger partial charge in [-0.15, -0.1) is 10.2 Å². The van der Waals surface area contributed by atoms with Crippen molar-refractivity contribution in [2.75, 3.05) is 11.4 Å². The normalized spacial score (nSPS) is 17.2. The summed E-state index contributed by atoms with van der Waals surface area (Å²) >= 11 is 0. The zero-order valence-corrected chi connectivity index (χ0v) is 11.9. The number of nitrogens with zero attached hydrogens (tertiary/aromatic N) is 4. The lowest BCUT2D eigenvalue weighted by Gasteiger charge is -2.39. The van der Waals surface area contributed by atoms with Gasteiger partial charge in [0.1, 0.15) is 5.82 Å². The van der Waals surface area contributed by atoms with E-state index in [1.165, 1.54) is 6.42 Å². The Balaban J connectivity index is 2.46. The molecular weight excluding hydrogens is 212 g/mol. The van der Waals surface area contributed by atoms with Crippen molar-refractivity contribution < 1.29 is 0 Å². The van der Waals surface area contributed by atoms with Crippen LogP contribution in [0.15, 0.2) is 0 Å². The Morgan fingerprint density at radius 1 is 0.941 bits per heavy atom. The lowest BCUT2D eigenvalue weighted by Crippen LogP contribution is -2.46. The quantitative estimate of drug-likeness (QED) is 0.694. The lowest BCUT2D eigenvalue weighted by molar-refractivity contribution is 0.417. The van der Waals surface area contributed by atoms with E-state index in [4.69, 9.17) is 0 Å². The number of rotatable bonds is 0. The van der Waals surface area contributed by atoms with Gasteiger partial charge in [0.2, 0.25) is 5.95 Å². The first kappa shape index (κ1) is 12.4. The predicted octanol–water partition coefficient (Wildman–Crippen LogP) is 2.58. The zero-order valence-electron chi connectivity index (χ0n) is 11.9. The third kappa shape index (κ3) is 2.17. The number of fused-ring (bicyclic) bond motifs is 1. The first-order chi connectivity index (χ1) is 7.71. The molecule has 0 spiro atoms. The van der Waals surface area contributed by atoms with E-state index >= 15 is 0 Å². The van der Waals surface area contributed by atoms with Crippen LogP contribution in [0.5, 0.6) is 0 Å². The molecular formula is C13H24N4. The van der Waals surface area contributed by atoms with E-state index in [0.29, 0.717) is 0 Å². The summed E-state index contributed by atoms with van der Waals surface area (Å²) in [6.07, 6.45) is 1.17. The van der Waals surface area contributed by atoms with Gasteiger partial charge in [-0.05, 0) is 27.2 Å². The second kappa shape index (κ2) is 3.72. The molecule has 17 heavy (non-hydrogen) atoms. The minimum Gasteiger partial charge on any atom is -0.336 e. The molecule has 4 nitrogen and oxygen atoms in total. The topological polar surface area (TPSA) is 34.0 Å². The summed E-state index contributed by atoms with van der Waals surface area (Å²) in [6.45, 7) is 15.4. The molecule has 1 aliphatic rings. The molecule has 0 N–H and O–H groups in total. The van der Waals surface area contributed by atoms with E-state index in [1.54, 1.807) is 0 Å². The van der Waals surface area contributed by atoms with Gasteiger partial charge in [0, 0.05) is 24.0 Å². The van der Waals surface area contributed by atoms with Gasteiger partial charge in [-0.1, -0.05) is 20.8 Å². The van der Waals surface area contributed by atoms with Crippen molar-refractivity contribution in [2.45, 2.75) is 65.5 Å². The molecule has 1 aromatic rings. The van der Waals surface area contributed by atoms with Crippen LogP contribution >= 0.6 is 0 Å². The van der Waals surface area contributed by atoms with Crippen LogP contribution in [0.2, 0.25) is 0 Å². The zero-order chi connectivity index (χ0) is 12.8. The van der Waals surface area contributed by atoms with Crippen molar-refractivity contribution in [3.8, 4) is 0 Å². The highest BCUT2D eigenvalue weighted by molar-refractivity contribution is 5.37. The van der Waals surface area contributed by atoms with Gasteiger partial charge >= 0.3 is 0 Å². The third-order valence-electron chi connectivity index (χ3n) is 3.22. The first-order valence-corrected chi connectivity index (χ1v) is 6.42. The minimum absolute atomic E-state index is 0.0617. The fourth-order valence-electron chi connectivity index (χ4n) is 2.38. The summed E-state index contributed by atoms with van der Waals surface area (Å²) in [5.41, 5.74) is 0.173. The van der Waals surface area contributed by atoms with Crippen LogP contribution < -0.4 is 4.90 Å². The first-order valence-electron chi connectivity index (χ1n) is 6.42. The molecule has 4 heteroatoms. The summed E-state index contributed by atoms with van der Waals surface area (Å²) in [4.78, 5) is 2.36. The van der Waals surface area contributed by atoms with E-state index in [0.717, 1.165) is 24.9 Å². The van der Waals surface area contributed by atoms with Crippen molar-refractivity contribution >= 4 is 5.95 Å². The smallest absolute Gasteiger partial charge is 0.227 e. The van der Waals surface area contributed by atoms with E-state index in [2.05, 4.69) is 61.2 Å². The summed E-state index contributed by atoms with van der Waals surface area (Å²) in [7, 11) is 0. The SMILES string of the molecule is CC(C)(C)c1nnc2n1CCCN2C(C)(C)C. The largest absolute Gasteiger partial charge is 0.336 e. The molecule has 0 bridgehead atoms. The third-order valence-corrected chi connectivity index (χ3v) is 3.22. The molecule has 0 saturated carbocycles. The van der Waals surface area contributed by atoms with Crippen LogP contribution in [0.25, 0.3) is 0 Å². The van der Waals surface area contributed by atoms with Crippen LogP contribution in [0.4, 0.5) is 5.95 Å². The van der Waals surface area contributed by atoms with Crippen molar-refractivity contribution in [1.29, 1.82) is 0 Å². The molecule has 0 radical (unpaired) electrons. The summed E-state index contributed by atoms with van der Waals surface area (Å²) in [5.74, 6) is 2.13. The molecule has 0 unspecified atom stereocenters. The summed E-state index contributed by atoms with van der Waals surface area (Å²) < 4.78 is 2.29. The highest BCUT2D eigenvalue weighted by Crippen LogP contribution is 2.31. The molecule has 2 heterocycles. The average molecular weight is 236 g/mol. The predicted molar refractivity (Wildman–Crippen MR) is 70.4 cm³/mol. The Kier molecular flexibility index (Phi) is 2.71. The molecule has 0 aliphatic carbocycles. The van der Waals surface area contributed by atoms with Gasteiger partial charge in [-0.25, -0.2) is 0 Å². The highest BCUT2D eigenvalue weighted by atomic mass is 15.4. The Hall–Kier alpha value is -1.06. The molecule has 0 aromatic carbocycles. The van der Waals surface area contributed by atoms with Crippen LogP contribution in [-0.2, 0) is 12.0 Å². The van der Waals surface area contributed by atoms with Crippen LogP contribution in [0.3, 0.4) is 0 Å². The average Bonchev–Trinajstić information content (AvgIpc) is 2.57. The van der Waals surface area contributed by atoms with E-state index < -0.39 is 0 Å². The maximum atomic E-state index is 4.41. The minimum atomic E-state index is 0.0617. The van der Waals surface area contributed by atoms with Crippen molar-refractivity contribution in [3.63, 3.8) is 0 Å². The van der Waals surface area contributed by atoms with E-state index in [-0.39, 0.29) is 11.0 Å². The Morgan fingerprint density at radius 2 is 1.59 bits per heavy atom. The van der Waals surface area contributed by atoms with E-state index in [1.807, 2.05) is 0 Å². The standard InChI is InChI=1S/C13H24N4/c1-12(2,3)10-14-15-11-16(10)8-7-9-17(11)13(4,5)6/h7-9H2,1-6H3. The Labute approximate surface area is 104 Å². The van der Waals surface area contributed by atoms with Gasteiger partial charge in [-0.3, -0.25) is 4.57 Å². The summed E-state index contributed by atoms with van der Waals surface area (Å²) in [5, 5.41) is 8.81. The van der Waals surface area contributed by atoms with Crippen LogP contribution in [0.1, 0.15) is 53.8 Å². The number of hydrogen-bond donors (Lipinski definition) is 0. The maximum Gasteiger partial charge on any atom is 0.227 e. The molecule has 2 rings (SSSR count). The maximum absolute atomic E-state index is 4.41. The van der Waals surface area contributed by atoms with Crippen molar-refractivity contribution in [2.24, 2.45) is 0 Å². The molecule has 1 aliphatic heterocycles. The molecule has 0 amide bonds. The fourth-order valence-corrected chi connectivity index (χ4v) is 2.38. The van der Waals surface area contributed by atoms with Gasteiger partial charge in [0.05, 0.1) is 0 Å². The van der Waals surface area contributed by atoms with Crippen molar-refractivity contribution in [3.05, 3.63) is 5.82 Å². The molecule has 1 aromatic heterocycles. The van der Waals surface area contributed by atoms with Gasteiger partial charge in [0.15, 0.2) is 0 Å². The van der Waals surface area contributed by atoms with Crippen LogP contribution in [0, 0.1) is 0 Å². The Morgan fingerprint density at radius 3 is 2.12 bits per heavy atom. The molecule has 0 saturated heterocycles. The van der Waals surface area contributed by atoms with Crippen molar-refractivity contribution in [1.82, 2.24) is 14.8 Å². The fraction of sp³-hybridized carbons (Fsp3) is 0.846. The molecule has 96 valence electrons. The summed E-state index contributed by atoms with van der Waals surface area (Å²) in [6, 6.07) is 0. The lowest BCUT2D eigenvalue weighted by atomic mass is 9.95. The molecule has 0 atom stereocenters. The second-order valence-corrected chi connectivity index (χ2v) is 6.90. The van der Waals surface area contributed by atoms with Gasteiger partial charge in [-0.2, -0.15) is 0 Å².